The summed E-state index contributed by atoms with van der Waals surface area (Å²) >= 11 is 0. The maximum Gasteiger partial charge on any atom is 0.239 e. The van der Waals surface area contributed by atoms with E-state index in [2.05, 4.69) is 113 Å². The molecule has 4 aromatic carbocycles. The Morgan fingerprint density at radius 3 is 2.00 bits per heavy atom. The SMILES string of the molecule is CCN(CC)c1ccc2nc3ccc(N=Nc4ccc(N(CCO)CCC(C)C)cc4)cc3[n+](-c3ccccc3)c2c1. The topological polar surface area (TPSA) is 68.2 Å². The van der Waals surface area contributed by atoms with Crippen LogP contribution in [0.5, 0.6) is 0 Å². The van der Waals surface area contributed by atoms with Gasteiger partial charge in [-0.1, -0.05) is 32.0 Å². The minimum absolute atomic E-state index is 0.130. The van der Waals surface area contributed by atoms with Crippen LogP contribution < -0.4 is 14.4 Å². The number of rotatable bonds is 12. The molecule has 1 aromatic heterocycles. The predicted molar refractivity (Wildman–Crippen MR) is 174 cm³/mol. The molecule has 0 atom stereocenters. The van der Waals surface area contributed by atoms with Crippen molar-refractivity contribution in [3.8, 4) is 5.69 Å². The molecule has 0 saturated carbocycles. The summed E-state index contributed by atoms with van der Waals surface area (Å²) in [6.07, 6.45) is 1.08. The maximum atomic E-state index is 9.53. The molecule has 0 fully saturated rings. The van der Waals surface area contributed by atoms with Crippen LogP contribution in [0.15, 0.2) is 101 Å². The van der Waals surface area contributed by atoms with Gasteiger partial charge in [-0.25, -0.2) is 4.98 Å². The first-order valence-electron chi connectivity index (χ1n) is 15.0. The van der Waals surface area contributed by atoms with Gasteiger partial charge in [0, 0.05) is 61.8 Å². The van der Waals surface area contributed by atoms with E-state index in [-0.39, 0.29) is 6.61 Å². The number of hydrogen-bond acceptors (Lipinski definition) is 6. The van der Waals surface area contributed by atoms with Gasteiger partial charge < -0.3 is 14.9 Å². The molecule has 1 heterocycles. The van der Waals surface area contributed by atoms with E-state index in [1.54, 1.807) is 0 Å². The summed E-state index contributed by atoms with van der Waals surface area (Å²) in [6, 6.07) is 31.0. The lowest BCUT2D eigenvalue weighted by Gasteiger charge is -2.24. The standard InChI is InChI=1S/C35H41N6O/c1-5-39(6-2)31-17-19-33-35(25-31)41(30-10-8-7-9-11-30)34-24-28(14-18-32(34)36-33)38-37-27-12-15-29(16-13-27)40(22-23-42)21-20-26(3)4/h7-19,24-26,42H,5-6,20-23H2,1-4H3/q+1. The van der Waals surface area contributed by atoms with Crippen LogP contribution in [0.1, 0.15) is 34.1 Å². The van der Waals surface area contributed by atoms with Crippen LogP contribution in [-0.2, 0) is 0 Å². The van der Waals surface area contributed by atoms with E-state index in [0.29, 0.717) is 12.5 Å². The second-order valence-corrected chi connectivity index (χ2v) is 10.9. The van der Waals surface area contributed by atoms with Crippen molar-refractivity contribution in [3.63, 3.8) is 0 Å². The van der Waals surface area contributed by atoms with E-state index in [1.807, 2.05) is 30.3 Å². The highest BCUT2D eigenvalue weighted by molar-refractivity contribution is 5.85. The smallest absolute Gasteiger partial charge is 0.239 e. The zero-order chi connectivity index (χ0) is 29.5. The molecular weight excluding hydrogens is 520 g/mol. The number of aliphatic hydroxyl groups excluding tert-OH is 1. The van der Waals surface area contributed by atoms with Crippen LogP contribution in [0.3, 0.4) is 0 Å². The molecule has 0 unspecified atom stereocenters. The van der Waals surface area contributed by atoms with E-state index in [1.165, 1.54) is 5.69 Å². The molecule has 5 rings (SSSR count). The number of aliphatic hydroxyl groups is 1. The van der Waals surface area contributed by atoms with E-state index < -0.39 is 0 Å². The first-order valence-corrected chi connectivity index (χ1v) is 15.0. The minimum atomic E-state index is 0.130. The summed E-state index contributed by atoms with van der Waals surface area (Å²) in [5.74, 6) is 0.611. The Bertz CT molecular complexity index is 1650. The van der Waals surface area contributed by atoms with E-state index in [4.69, 9.17) is 4.98 Å². The van der Waals surface area contributed by atoms with Gasteiger partial charge >= 0.3 is 0 Å². The fourth-order valence-corrected chi connectivity index (χ4v) is 5.28. The summed E-state index contributed by atoms with van der Waals surface area (Å²) in [6.45, 7) is 12.3. The Hall–Kier alpha value is -4.36. The lowest BCUT2D eigenvalue weighted by atomic mass is 10.1. The van der Waals surface area contributed by atoms with Gasteiger partial charge in [0.25, 0.3) is 0 Å². The first-order chi connectivity index (χ1) is 20.5. The van der Waals surface area contributed by atoms with Crippen molar-refractivity contribution in [1.29, 1.82) is 0 Å². The molecule has 1 N–H and O–H groups in total. The number of benzene rings is 4. The van der Waals surface area contributed by atoms with Crippen LogP contribution in [0.4, 0.5) is 22.7 Å². The number of fused-ring (bicyclic) bond motifs is 2. The normalized spacial score (nSPS) is 11.7. The van der Waals surface area contributed by atoms with Crippen molar-refractivity contribution < 1.29 is 9.67 Å². The van der Waals surface area contributed by atoms with Crippen molar-refractivity contribution in [2.24, 2.45) is 16.1 Å². The largest absolute Gasteiger partial charge is 0.395 e. The summed E-state index contributed by atoms with van der Waals surface area (Å²) in [4.78, 5) is 9.58. The second kappa shape index (κ2) is 13.5. The molecule has 0 bridgehead atoms. The third-order valence-corrected chi connectivity index (χ3v) is 7.63. The van der Waals surface area contributed by atoms with Crippen molar-refractivity contribution in [3.05, 3.63) is 91.0 Å². The van der Waals surface area contributed by atoms with E-state index >= 15 is 0 Å². The lowest BCUT2D eigenvalue weighted by Crippen LogP contribution is -2.33. The van der Waals surface area contributed by atoms with Crippen LogP contribution in [0.2, 0.25) is 0 Å². The molecule has 0 aliphatic heterocycles. The number of para-hydroxylation sites is 1. The molecule has 216 valence electrons. The van der Waals surface area contributed by atoms with Gasteiger partial charge in [-0.3, -0.25) is 0 Å². The van der Waals surface area contributed by atoms with Crippen molar-refractivity contribution >= 4 is 44.8 Å². The fourth-order valence-electron chi connectivity index (χ4n) is 5.28. The van der Waals surface area contributed by atoms with Crippen LogP contribution in [-0.4, -0.2) is 42.9 Å². The third-order valence-electron chi connectivity index (χ3n) is 7.63. The highest BCUT2D eigenvalue weighted by Gasteiger charge is 2.21. The molecule has 0 aliphatic rings. The number of anilines is 2. The second-order valence-electron chi connectivity index (χ2n) is 10.9. The molecule has 42 heavy (non-hydrogen) atoms. The molecule has 0 saturated heterocycles. The Kier molecular flexibility index (Phi) is 9.39. The fraction of sp³-hybridized carbons (Fsp3) is 0.314. The lowest BCUT2D eigenvalue weighted by molar-refractivity contribution is -0.538. The predicted octanol–water partition coefficient (Wildman–Crippen LogP) is 7.77. The Labute approximate surface area is 248 Å². The van der Waals surface area contributed by atoms with Crippen molar-refractivity contribution in [1.82, 2.24) is 4.98 Å². The van der Waals surface area contributed by atoms with Crippen LogP contribution in [0, 0.1) is 5.92 Å². The number of hydrogen-bond donors (Lipinski definition) is 1. The number of nitrogens with zero attached hydrogens (tertiary/aromatic N) is 6. The monoisotopic (exact) mass is 561 g/mol. The molecule has 0 radical (unpaired) electrons. The Morgan fingerprint density at radius 2 is 1.33 bits per heavy atom. The van der Waals surface area contributed by atoms with Crippen LogP contribution in [0.25, 0.3) is 27.8 Å². The molecule has 0 amide bonds. The van der Waals surface area contributed by atoms with Gasteiger partial charge in [0.2, 0.25) is 16.7 Å². The van der Waals surface area contributed by atoms with Gasteiger partial charge in [0.1, 0.15) is 11.0 Å². The van der Waals surface area contributed by atoms with E-state index in [9.17, 15) is 5.11 Å². The summed E-state index contributed by atoms with van der Waals surface area (Å²) in [5, 5.41) is 18.7. The summed E-state index contributed by atoms with van der Waals surface area (Å²) < 4.78 is 2.27. The van der Waals surface area contributed by atoms with Gasteiger partial charge in [-0.05, 0) is 74.7 Å². The molecule has 0 spiro atoms. The van der Waals surface area contributed by atoms with E-state index in [0.717, 1.165) is 70.9 Å². The molecule has 7 heteroatoms. The van der Waals surface area contributed by atoms with Gasteiger partial charge in [-0.2, -0.15) is 10.2 Å². The average Bonchev–Trinajstić information content (AvgIpc) is 3.02. The molecule has 5 aromatic rings. The average molecular weight is 562 g/mol. The Balaban J connectivity index is 1.51. The molecule has 0 aliphatic carbocycles. The Morgan fingerprint density at radius 1 is 0.714 bits per heavy atom. The highest BCUT2D eigenvalue weighted by atomic mass is 16.3. The molecule has 7 nitrogen and oxygen atoms in total. The zero-order valence-corrected chi connectivity index (χ0v) is 25.1. The number of aromatic nitrogens is 2. The van der Waals surface area contributed by atoms with Gasteiger partial charge in [0.05, 0.1) is 18.0 Å². The highest BCUT2D eigenvalue weighted by Crippen LogP contribution is 2.27. The third kappa shape index (κ3) is 6.58. The van der Waals surface area contributed by atoms with Crippen molar-refractivity contribution in [2.75, 3.05) is 42.6 Å². The summed E-state index contributed by atoms with van der Waals surface area (Å²) in [5.41, 5.74) is 8.74. The van der Waals surface area contributed by atoms with Gasteiger partial charge in [0.15, 0.2) is 0 Å². The van der Waals surface area contributed by atoms with Crippen molar-refractivity contribution in [2.45, 2.75) is 34.1 Å². The van der Waals surface area contributed by atoms with Crippen LogP contribution >= 0.6 is 0 Å². The summed E-state index contributed by atoms with van der Waals surface area (Å²) in [7, 11) is 0. The maximum absolute atomic E-state index is 9.53. The number of azo groups is 1. The minimum Gasteiger partial charge on any atom is -0.395 e. The first kappa shape index (κ1) is 29.1. The zero-order valence-electron chi connectivity index (χ0n) is 25.1. The van der Waals surface area contributed by atoms with Gasteiger partial charge in [-0.15, -0.1) is 4.57 Å². The quantitative estimate of drug-likeness (QED) is 0.0960. The molecular formula is C35H41N6O+.